The highest BCUT2D eigenvalue weighted by Gasteiger charge is 2.08. The van der Waals surface area contributed by atoms with Crippen LogP contribution in [-0.4, -0.2) is 30.0 Å². The van der Waals surface area contributed by atoms with Crippen molar-refractivity contribution >= 4 is 17.5 Å². The maximum absolute atomic E-state index is 11.4. The van der Waals surface area contributed by atoms with Gasteiger partial charge in [0.1, 0.15) is 5.75 Å². The smallest absolute Gasteiger partial charge is 0.243 e. The number of carbonyl (C=O) groups is 2. The number of anilines is 1. The third-order valence-electron chi connectivity index (χ3n) is 2.14. The molecule has 0 radical (unpaired) electrons. The van der Waals surface area contributed by atoms with Gasteiger partial charge in [0.15, 0.2) is 0 Å². The zero-order valence-electron chi connectivity index (χ0n) is 9.49. The average Bonchev–Trinajstić information content (AvgIpc) is 2.32. The van der Waals surface area contributed by atoms with Crippen molar-refractivity contribution in [1.82, 2.24) is 5.32 Å². The number of aryl methyl sites for hydroxylation is 1. The largest absolute Gasteiger partial charge is 0.505 e. The molecule has 0 unspecified atom stereocenters. The Morgan fingerprint density at radius 1 is 1.35 bits per heavy atom. The van der Waals surface area contributed by atoms with Crippen molar-refractivity contribution < 1.29 is 14.7 Å². The molecule has 0 aliphatic rings. The highest BCUT2D eigenvalue weighted by atomic mass is 16.3. The molecule has 5 N–H and O–H groups in total. The first-order valence-corrected chi connectivity index (χ1v) is 5.09. The van der Waals surface area contributed by atoms with Crippen LogP contribution in [0.1, 0.15) is 5.56 Å². The summed E-state index contributed by atoms with van der Waals surface area (Å²) in [7, 11) is 0. The Morgan fingerprint density at radius 3 is 2.71 bits per heavy atom. The summed E-state index contributed by atoms with van der Waals surface area (Å²) in [5.41, 5.74) is 6.05. The molecule has 0 bridgehead atoms. The number of rotatable bonds is 4. The van der Waals surface area contributed by atoms with E-state index in [1.54, 1.807) is 25.1 Å². The quantitative estimate of drug-likeness (QED) is 0.540. The van der Waals surface area contributed by atoms with Gasteiger partial charge in [-0.05, 0) is 18.6 Å². The van der Waals surface area contributed by atoms with Crippen LogP contribution >= 0.6 is 0 Å². The molecule has 0 fully saturated rings. The molecule has 17 heavy (non-hydrogen) atoms. The van der Waals surface area contributed by atoms with Gasteiger partial charge in [-0.1, -0.05) is 12.1 Å². The van der Waals surface area contributed by atoms with Crippen LogP contribution in [0.2, 0.25) is 0 Å². The molecule has 1 rings (SSSR count). The molecule has 0 aliphatic carbocycles. The number of amides is 2. The number of phenols is 1. The van der Waals surface area contributed by atoms with Crippen LogP contribution in [0.5, 0.6) is 5.75 Å². The van der Waals surface area contributed by atoms with Gasteiger partial charge in [-0.3, -0.25) is 9.59 Å². The normalized spacial score (nSPS) is 9.76. The highest BCUT2D eigenvalue weighted by Crippen LogP contribution is 2.26. The van der Waals surface area contributed by atoms with Gasteiger partial charge in [0.2, 0.25) is 11.8 Å². The molecule has 6 heteroatoms. The van der Waals surface area contributed by atoms with E-state index in [1.807, 2.05) is 0 Å². The summed E-state index contributed by atoms with van der Waals surface area (Å²) in [6.45, 7) is 1.38. The molecule has 0 heterocycles. The Balaban J connectivity index is 2.56. The summed E-state index contributed by atoms with van der Waals surface area (Å²) in [4.78, 5) is 22.2. The van der Waals surface area contributed by atoms with Gasteiger partial charge in [0.25, 0.3) is 0 Å². The lowest BCUT2D eigenvalue weighted by molar-refractivity contribution is -0.123. The van der Waals surface area contributed by atoms with E-state index in [9.17, 15) is 14.7 Å². The van der Waals surface area contributed by atoms with E-state index in [1.165, 1.54) is 0 Å². The molecular formula is C11H15N3O3. The predicted octanol–water partition coefficient (Wildman–Crippen LogP) is -0.286. The number of carbonyl (C=O) groups excluding carboxylic acids is 2. The number of aromatic hydroxyl groups is 1. The molecule has 0 saturated heterocycles. The first-order chi connectivity index (χ1) is 8.04. The van der Waals surface area contributed by atoms with E-state index < -0.39 is 11.8 Å². The fourth-order valence-electron chi connectivity index (χ4n) is 1.21. The van der Waals surface area contributed by atoms with Crippen LogP contribution in [0.15, 0.2) is 18.2 Å². The second-order valence-electron chi connectivity index (χ2n) is 3.50. The van der Waals surface area contributed by atoms with Gasteiger partial charge in [0, 0.05) is 0 Å². The highest BCUT2D eigenvalue weighted by molar-refractivity contribution is 5.95. The minimum absolute atomic E-state index is 0.0194. The topological polar surface area (TPSA) is 104 Å². The SMILES string of the molecule is Cc1cccc(NC(=O)CNC(=O)CN)c1O. The zero-order valence-corrected chi connectivity index (χ0v) is 9.49. The van der Waals surface area contributed by atoms with Gasteiger partial charge in [-0.25, -0.2) is 0 Å². The third kappa shape index (κ3) is 3.76. The van der Waals surface area contributed by atoms with Crippen LogP contribution in [0.25, 0.3) is 0 Å². The molecule has 0 saturated carbocycles. The summed E-state index contributed by atoms with van der Waals surface area (Å²) < 4.78 is 0. The summed E-state index contributed by atoms with van der Waals surface area (Å²) in [5, 5.41) is 14.5. The van der Waals surface area contributed by atoms with E-state index in [0.29, 0.717) is 11.3 Å². The molecule has 0 spiro atoms. The van der Waals surface area contributed by atoms with Crippen molar-refractivity contribution in [1.29, 1.82) is 0 Å². The fraction of sp³-hybridized carbons (Fsp3) is 0.273. The molecule has 0 aliphatic heterocycles. The Kier molecular flexibility index (Phi) is 4.47. The number of phenolic OH excluding ortho intramolecular Hbond substituents is 1. The first-order valence-electron chi connectivity index (χ1n) is 5.09. The number of hydrogen-bond acceptors (Lipinski definition) is 4. The van der Waals surface area contributed by atoms with Crippen molar-refractivity contribution in [2.24, 2.45) is 5.73 Å². The maximum atomic E-state index is 11.4. The van der Waals surface area contributed by atoms with Crippen molar-refractivity contribution in [3.8, 4) is 5.75 Å². The van der Waals surface area contributed by atoms with Crippen LogP contribution < -0.4 is 16.4 Å². The van der Waals surface area contributed by atoms with Crippen LogP contribution in [0.3, 0.4) is 0 Å². The predicted molar refractivity (Wildman–Crippen MR) is 63.5 cm³/mol. The van der Waals surface area contributed by atoms with Crippen molar-refractivity contribution in [3.05, 3.63) is 23.8 Å². The molecule has 6 nitrogen and oxygen atoms in total. The standard InChI is InChI=1S/C11H15N3O3/c1-7-3-2-4-8(11(7)17)14-10(16)6-13-9(15)5-12/h2-4,17H,5-6,12H2,1H3,(H,13,15)(H,14,16). The van der Waals surface area contributed by atoms with Gasteiger partial charge < -0.3 is 21.5 Å². The van der Waals surface area contributed by atoms with E-state index in [-0.39, 0.29) is 18.8 Å². The average molecular weight is 237 g/mol. The van der Waals surface area contributed by atoms with Gasteiger partial charge in [0.05, 0.1) is 18.8 Å². The molecule has 0 aromatic heterocycles. The van der Waals surface area contributed by atoms with E-state index in [0.717, 1.165) is 0 Å². The van der Waals surface area contributed by atoms with Crippen LogP contribution in [0.4, 0.5) is 5.69 Å². The number of nitrogens with one attached hydrogen (secondary N) is 2. The fourth-order valence-corrected chi connectivity index (χ4v) is 1.21. The maximum Gasteiger partial charge on any atom is 0.243 e. The number of hydrogen-bond donors (Lipinski definition) is 4. The lowest BCUT2D eigenvalue weighted by Crippen LogP contribution is -2.36. The lowest BCUT2D eigenvalue weighted by atomic mass is 10.2. The van der Waals surface area contributed by atoms with E-state index in [4.69, 9.17) is 5.73 Å². The van der Waals surface area contributed by atoms with Crippen molar-refractivity contribution in [2.45, 2.75) is 6.92 Å². The Labute approximate surface area is 98.8 Å². The van der Waals surface area contributed by atoms with Crippen LogP contribution in [0, 0.1) is 6.92 Å². The first kappa shape index (κ1) is 13.0. The molecule has 1 aromatic rings. The van der Waals surface area contributed by atoms with Crippen LogP contribution in [-0.2, 0) is 9.59 Å². The Morgan fingerprint density at radius 2 is 2.06 bits per heavy atom. The monoisotopic (exact) mass is 237 g/mol. The third-order valence-corrected chi connectivity index (χ3v) is 2.14. The van der Waals surface area contributed by atoms with Gasteiger partial charge >= 0.3 is 0 Å². The summed E-state index contributed by atoms with van der Waals surface area (Å²) in [6.07, 6.45) is 0. The Bertz CT molecular complexity index is 432. The zero-order chi connectivity index (χ0) is 12.8. The minimum atomic E-state index is -0.423. The number of benzene rings is 1. The number of nitrogens with two attached hydrogens (primary N) is 1. The molecule has 0 atom stereocenters. The minimum Gasteiger partial charge on any atom is -0.505 e. The molecule has 2 amide bonds. The summed E-state index contributed by atoms with van der Waals surface area (Å²) in [6, 6.07) is 5.01. The number of para-hydroxylation sites is 1. The second-order valence-corrected chi connectivity index (χ2v) is 3.50. The second kappa shape index (κ2) is 5.86. The molecule has 92 valence electrons. The lowest BCUT2D eigenvalue weighted by Gasteiger charge is -2.09. The van der Waals surface area contributed by atoms with Gasteiger partial charge in [-0.2, -0.15) is 0 Å². The van der Waals surface area contributed by atoms with E-state index >= 15 is 0 Å². The van der Waals surface area contributed by atoms with Gasteiger partial charge in [-0.15, -0.1) is 0 Å². The van der Waals surface area contributed by atoms with E-state index in [2.05, 4.69) is 10.6 Å². The van der Waals surface area contributed by atoms with Crippen molar-refractivity contribution in [2.75, 3.05) is 18.4 Å². The van der Waals surface area contributed by atoms with Crippen molar-refractivity contribution in [3.63, 3.8) is 0 Å². The summed E-state index contributed by atoms with van der Waals surface area (Å²) in [5.74, 6) is -0.813. The molecule has 1 aromatic carbocycles. The summed E-state index contributed by atoms with van der Waals surface area (Å²) >= 11 is 0. The Hall–Kier alpha value is -2.08. The molecular weight excluding hydrogens is 222 g/mol.